The van der Waals surface area contributed by atoms with Crippen molar-refractivity contribution in [3.63, 3.8) is 0 Å². The zero-order valence-corrected chi connectivity index (χ0v) is 18.0. The van der Waals surface area contributed by atoms with Crippen molar-refractivity contribution in [1.82, 2.24) is 5.32 Å². The number of ether oxygens (including phenoxy) is 2. The van der Waals surface area contributed by atoms with E-state index >= 15 is 0 Å². The fraction of sp³-hybridized carbons (Fsp3) is 0.190. The van der Waals surface area contributed by atoms with E-state index in [-0.39, 0.29) is 11.4 Å². The molecule has 0 spiro atoms. The van der Waals surface area contributed by atoms with Crippen molar-refractivity contribution in [2.24, 2.45) is 0 Å². The largest absolute Gasteiger partial charge is 0.495 e. The van der Waals surface area contributed by atoms with Crippen LogP contribution < -0.4 is 20.1 Å². The van der Waals surface area contributed by atoms with Gasteiger partial charge in [-0.1, -0.05) is 36.5 Å². The standard InChI is InChI=1S/C21H21BrN2O3S/c1-4-9-27-17-8-6-14(11-15(17)22)12-19-20(25)24-21(28-19)23-16-10-13(2)5-7-18(16)26-3/h4-8,10-12,21,23H,1,9H2,2-3H3,(H,24,25)/b19-12-. The Hall–Kier alpha value is -2.38. The molecule has 0 bridgehead atoms. The van der Waals surface area contributed by atoms with Crippen molar-refractivity contribution in [3.8, 4) is 11.5 Å². The van der Waals surface area contributed by atoms with E-state index < -0.39 is 0 Å². The Morgan fingerprint density at radius 2 is 2.07 bits per heavy atom. The van der Waals surface area contributed by atoms with Gasteiger partial charge in [0.15, 0.2) is 5.50 Å². The van der Waals surface area contributed by atoms with Gasteiger partial charge in [-0.05, 0) is 64.3 Å². The lowest BCUT2D eigenvalue weighted by molar-refractivity contribution is -0.116. The van der Waals surface area contributed by atoms with Crippen molar-refractivity contribution in [1.29, 1.82) is 0 Å². The van der Waals surface area contributed by atoms with Crippen LogP contribution in [0.25, 0.3) is 6.08 Å². The second-order valence-electron chi connectivity index (χ2n) is 6.12. The van der Waals surface area contributed by atoms with Crippen LogP contribution in [-0.2, 0) is 4.79 Å². The van der Waals surface area contributed by atoms with E-state index in [0.717, 1.165) is 32.8 Å². The first-order valence-corrected chi connectivity index (χ1v) is 10.3. The number of anilines is 1. The molecule has 2 aromatic rings. The molecule has 1 unspecified atom stereocenters. The fourth-order valence-electron chi connectivity index (χ4n) is 2.67. The number of hydrogen-bond acceptors (Lipinski definition) is 5. The lowest BCUT2D eigenvalue weighted by Crippen LogP contribution is -2.31. The average molecular weight is 461 g/mol. The number of thioether (sulfide) groups is 1. The highest BCUT2D eigenvalue weighted by Gasteiger charge is 2.27. The molecule has 0 radical (unpaired) electrons. The van der Waals surface area contributed by atoms with E-state index in [0.29, 0.717) is 11.5 Å². The first-order chi connectivity index (χ1) is 13.5. The molecule has 0 saturated carbocycles. The zero-order chi connectivity index (χ0) is 20.1. The fourth-order valence-corrected chi connectivity index (χ4v) is 4.15. The summed E-state index contributed by atoms with van der Waals surface area (Å²) in [4.78, 5) is 13.0. The zero-order valence-electron chi connectivity index (χ0n) is 15.6. The van der Waals surface area contributed by atoms with Crippen LogP contribution in [0.3, 0.4) is 0 Å². The molecule has 1 saturated heterocycles. The number of amides is 1. The molecule has 5 nitrogen and oxygen atoms in total. The number of halogens is 1. The maximum absolute atomic E-state index is 12.4. The highest BCUT2D eigenvalue weighted by molar-refractivity contribution is 9.10. The molecular formula is C21H21BrN2O3S. The Morgan fingerprint density at radius 3 is 2.79 bits per heavy atom. The van der Waals surface area contributed by atoms with Crippen molar-refractivity contribution in [2.75, 3.05) is 19.0 Å². The molecule has 1 aliphatic heterocycles. The van der Waals surface area contributed by atoms with Gasteiger partial charge < -0.3 is 20.1 Å². The molecule has 1 fully saturated rings. The first kappa shape index (κ1) is 20.4. The van der Waals surface area contributed by atoms with Crippen LogP contribution in [0.15, 0.2) is 58.4 Å². The van der Waals surface area contributed by atoms with Gasteiger partial charge in [0.2, 0.25) is 0 Å². The van der Waals surface area contributed by atoms with E-state index in [1.807, 2.05) is 49.4 Å². The maximum atomic E-state index is 12.4. The van der Waals surface area contributed by atoms with Gasteiger partial charge in [-0.15, -0.1) is 0 Å². The molecule has 0 aliphatic carbocycles. The molecule has 2 N–H and O–H groups in total. The van der Waals surface area contributed by atoms with Crippen LogP contribution in [0.2, 0.25) is 0 Å². The first-order valence-electron chi connectivity index (χ1n) is 8.64. The lowest BCUT2D eigenvalue weighted by atomic mass is 10.2. The molecule has 2 aromatic carbocycles. The predicted molar refractivity (Wildman–Crippen MR) is 119 cm³/mol. The quantitative estimate of drug-likeness (QED) is 0.452. The van der Waals surface area contributed by atoms with Gasteiger partial charge in [0.1, 0.15) is 18.1 Å². The lowest BCUT2D eigenvalue weighted by Gasteiger charge is -2.16. The second-order valence-corrected chi connectivity index (χ2v) is 8.12. The molecule has 7 heteroatoms. The van der Waals surface area contributed by atoms with Crippen LogP contribution in [0.5, 0.6) is 11.5 Å². The van der Waals surface area contributed by atoms with Gasteiger partial charge in [0.25, 0.3) is 5.91 Å². The summed E-state index contributed by atoms with van der Waals surface area (Å²) in [6.07, 6.45) is 3.55. The van der Waals surface area contributed by atoms with Crippen LogP contribution in [0.4, 0.5) is 5.69 Å². The van der Waals surface area contributed by atoms with Crippen LogP contribution in [0, 0.1) is 6.92 Å². The minimum Gasteiger partial charge on any atom is -0.495 e. The SMILES string of the molecule is C=CCOc1ccc(/C=C2\SC(Nc3cc(C)ccc3OC)NC2=O)cc1Br. The number of aryl methyl sites for hydroxylation is 1. The van der Waals surface area contributed by atoms with Crippen molar-refractivity contribution >= 4 is 45.4 Å². The third-order valence-corrected chi connectivity index (χ3v) is 5.63. The molecule has 1 atom stereocenters. The third kappa shape index (κ3) is 4.91. The minimum absolute atomic E-state index is 0.114. The highest BCUT2D eigenvalue weighted by atomic mass is 79.9. The number of hydrogen-bond donors (Lipinski definition) is 2. The van der Waals surface area contributed by atoms with E-state index in [1.165, 1.54) is 11.8 Å². The third-order valence-electron chi connectivity index (χ3n) is 3.98. The normalized spacial score (nSPS) is 17.3. The van der Waals surface area contributed by atoms with E-state index in [1.54, 1.807) is 13.2 Å². The Morgan fingerprint density at radius 1 is 1.29 bits per heavy atom. The number of carbonyl (C=O) groups is 1. The Bertz CT molecular complexity index is 930. The highest BCUT2D eigenvalue weighted by Crippen LogP contribution is 2.34. The molecule has 1 aliphatic rings. The Labute approximate surface area is 177 Å². The summed E-state index contributed by atoms with van der Waals surface area (Å²) in [5, 5.41) is 6.26. The van der Waals surface area contributed by atoms with Crippen LogP contribution >= 0.6 is 27.7 Å². The van der Waals surface area contributed by atoms with Gasteiger partial charge in [-0.25, -0.2) is 0 Å². The van der Waals surface area contributed by atoms with Gasteiger partial charge in [-0.3, -0.25) is 4.79 Å². The summed E-state index contributed by atoms with van der Waals surface area (Å²) < 4.78 is 11.8. The number of carbonyl (C=O) groups excluding carboxylic acids is 1. The summed E-state index contributed by atoms with van der Waals surface area (Å²) in [5.74, 6) is 1.35. The summed E-state index contributed by atoms with van der Waals surface area (Å²) in [6, 6.07) is 11.6. The van der Waals surface area contributed by atoms with Crippen molar-refractivity contribution < 1.29 is 14.3 Å². The monoisotopic (exact) mass is 460 g/mol. The molecule has 1 amide bonds. The number of methoxy groups -OCH3 is 1. The van der Waals surface area contributed by atoms with E-state index in [2.05, 4.69) is 33.1 Å². The smallest absolute Gasteiger partial charge is 0.260 e. The molecule has 146 valence electrons. The predicted octanol–water partition coefficient (Wildman–Crippen LogP) is 4.93. The maximum Gasteiger partial charge on any atom is 0.260 e. The summed E-state index contributed by atoms with van der Waals surface area (Å²) in [5.41, 5.74) is 2.59. The summed E-state index contributed by atoms with van der Waals surface area (Å²) >= 11 is 4.93. The van der Waals surface area contributed by atoms with Crippen molar-refractivity contribution in [2.45, 2.75) is 12.4 Å². The van der Waals surface area contributed by atoms with Gasteiger partial charge in [-0.2, -0.15) is 0 Å². The van der Waals surface area contributed by atoms with Crippen LogP contribution in [-0.4, -0.2) is 25.1 Å². The van der Waals surface area contributed by atoms with Gasteiger partial charge >= 0.3 is 0 Å². The molecule has 3 rings (SSSR count). The summed E-state index contributed by atoms with van der Waals surface area (Å²) in [7, 11) is 1.63. The second kappa shape index (κ2) is 9.21. The topological polar surface area (TPSA) is 59.6 Å². The molecule has 28 heavy (non-hydrogen) atoms. The van der Waals surface area contributed by atoms with E-state index in [9.17, 15) is 4.79 Å². The van der Waals surface area contributed by atoms with Crippen molar-refractivity contribution in [3.05, 3.63) is 69.6 Å². The molecule has 0 aromatic heterocycles. The van der Waals surface area contributed by atoms with Gasteiger partial charge in [0, 0.05) is 0 Å². The molecule has 1 heterocycles. The van der Waals surface area contributed by atoms with Crippen LogP contribution in [0.1, 0.15) is 11.1 Å². The molecular weight excluding hydrogens is 440 g/mol. The Kier molecular flexibility index (Phi) is 6.70. The Balaban J connectivity index is 1.73. The number of rotatable bonds is 7. The number of nitrogens with one attached hydrogen (secondary N) is 2. The number of benzene rings is 2. The average Bonchev–Trinajstić information content (AvgIpc) is 3.00. The summed E-state index contributed by atoms with van der Waals surface area (Å²) in [6.45, 7) is 6.09. The van der Waals surface area contributed by atoms with E-state index in [4.69, 9.17) is 9.47 Å². The minimum atomic E-state index is -0.270. The van der Waals surface area contributed by atoms with Gasteiger partial charge in [0.05, 0.1) is 22.2 Å².